The molecule has 1 heterocycles. The zero-order chi connectivity index (χ0) is 12.5. The molecule has 0 fully saturated rings. The number of halogens is 1. The van der Waals surface area contributed by atoms with Gasteiger partial charge in [-0.15, -0.1) is 0 Å². The number of rotatable bonds is 2. The number of fused-ring (bicyclic) bond motifs is 1. The van der Waals surface area contributed by atoms with Crippen molar-refractivity contribution in [2.75, 3.05) is 5.73 Å². The summed E-state index contributed by atoms with van der Waals surface area (Å²) in [7, 11) is 0. The van der Waals surface area contributed by atoms with Gasteiger partial charge in [0.15, 0.2) is 0 Å². The van der Waals surface area contributed by atoms with Crippen LogP contribution < -0.4 is 5.73 Å². The third-order valence-corrected chi connectivity index (χ3v) is 3.81. The highest BCUT2D eigenvalue weighted by Gasteiger charge is 2.05. The van der Waals surface area contributed by atoms with E-state index in [1.807, 2.05) is 4.68 Å². The lowest BCUT2D eigenvalue weighted by Gasteiger charge is -2.06. The molecule has 90 valence electrons. The van der Waals surface area contributed by atoms with Gasteiger partial charge in [-0.2, -0.15) is 5.10 Å². The van der Waals surface area contributed by atoms with Crippen molar-refractivity contribution in [1.82, 2.24) is 9.78 Å². The van der Waals surface area contributed by atoms with E-state index < -0.39 is 0 Å². The van der Waals surface area contributed by atoms with Gasteiger partial charge in [-0.3, -0.25) is 0 Å². The number of benzene rings is 2. The van der Waals surface area contributed by atoms with Crippen molar-refractivity contribution >= 4 is 39.2 Å². The van der Waals surface area contributed by atoms with Gasteiger partial charge in [0, 0.05) is 0 Å². The number of nitrogen functional groups attached to an aromatic ring is 1. The van der Waals surface area contributed by atoms with E-state index in [2.05, 4.69) is 70.2 Å². The van der Waals surface area contributed by atoms with Crippen LogP contribution in [0.1, 0.15) is 5.56 Å². The van der Waals surface area contributed by atoms with Gasteiger partial charge < -0.3 is 5.73 Å². The Morgan fingerprint density at radius 1 is 1.11 bits per heavy atom. The van der Waals surface area contributed by atoms with Crippen LogP contribution in [0.4, 0.5) is 5.82 Å². The standard InChI is InChI=1S/C14H12IN3/c15-13-8-17-18(14(13)16)9-10-5-6-11-3-1-2-4-12(11)7-10/h1-8H,9,16H2. The summed E-state index contributed by atoms with van der Waals surface area (Å²) >= 11 is 2.19. The van der Waals surface area contributed by atoms with Crippen LogP contribution in [-0.4, -0.2) is 9.78 Å². The van der Waals surface area contributed by atoms with Gasteiger partial charge in [0.2, 0.25) is 0 Å². The number of hydrogen-bond acceptors (Lipinski definition) is 2. The highest BCUT2D eigenvalue weighted by Crippen LogP contribution is 2.18. The quantitative estimate of drug-likeness (QED) is 0.722. The summed E-state index contributed by atoms with van der Waals surface area (Å²) in [6, 6.07) is 14.8. The maximum atomic E-state index is 5.96. The van der Waals surface area contributed by atoms with Crippen molar-refractivity contribution in [1.29, 1.82) is 0 Å². The van der Waals surface area contributed by atoms with Crippen molar-refractivity contribution in [3.63, 3.8) is 0 Å². The lowest BCUT2D eigenvalue weighted by atomic mass is 10.1. The number of aromatic nitrogens is 2. The fraction of sp³-hybridized carbons (Fsp3) is 0.0714. The van der Waals surface area contributed by atoms with E-state index in [-0.39, 0.29) is 0 Å². The molecule has 0 unspecified atom stereocenters. The van der Waals surface area contributed by atoms with E-state index in [0.29, 0.717) is 6.54 Å². The summed E-state index contributed by atoms with van der Waals surface area (Å²) in [6.07, 6.45) is 1.79. The highest BCUT2D eigenvalue weighted by atomic mass is 127. The van der Waals surface area contributed by atoms with E-state index in [1.165, 1.54) is 16.3 Å². The van der Waals surface area contributed by atoms with Gasteiger partial charge >= 0.3 is 0 Å². The molecular formula is C14H12IN3. The van der Waals surface area contributed by atoms with Crippen LogP contribution in [0.25, 0.3) is 10.8 Å². The molecule has 0 aliphatic heterocycles. The molecular weight excluding hydrogens is 337 g/mol. The minimum Gasteiger partial charge on any atom is -0.383 e. The smallest absolute Gasteiger partial charge is 0.135 e. The van der Waals surface area contributed by atoms with Crippen LogP contribution in [0, 0.1) is 3.57 Å². The molecule has 2 aromatic carbocycles. The highest BCUT2D eigenvalue weighted by molar-refractivity contribution is 14.1. The molecule has 0 aliphatic rings. The average Bonchev–Trinajstić information content (AvgIpc) is 2.71. The SMILES string of the molecule is Nc1c(I)cnn1Cc1ccc2ccccc2c1. The first-order valence-electron chi connectivity index (χ1n) is 5.68. The van der Waals surface area contributed by atoms with E-state index in [9.17, 15) is 0 Å². The molecule has 18 heavy (non-hydrogen) atoms. The first-order valence-corrected chi connectivity index (χ1v) is 6.76. The van der Waals surface area contributed by atoms with Crippen LogP contribution in [0.15, 0.2) is 48.7 Å². The van der Waals surface area contributed by atoms with Gasteiger partial charge in [0.25, 0.3) is 0 Å². The van der Waals surface area contributed by atoms with Gasteiger partial charge in [-0.05, 0) is 45.0 Å². The number of hydrogen-bond donors (Lipinski definition) is 1. The second-order valence-electron chi connectivity index (χ2n) is 4.22. The Hall–Kier alpha value is -1.56. The zero-order valence-electron chi connectivity index (χ0n) is 9.68. The third-order valence-electron chi connectivity index (χ3n) is 2.98. The minimum atomic E-state index is 0.708. The number of nitrogens with zero attached hydrogens (tertiary/aromatic N) is 2. The molecule has 0 saturated heterocycles. The molecule has 0 saturated carbocycles. The Morgan fingerprint density at radius 2 is 1.89 bits per heavy atom. The van der Waals surface area contributed by atoms with Crippen LogP contribution in [0.2, 0.25) is 0 Å². The predicted octanol–water partition coefficient (Wildman–Crippen LogP) is 3.27. The van der Waals surface area contributed by atoms with E-state index in [0.717, 1.165) is 9.39 Å². The molecule has 1 aromatic heterocycles. The Labute approximate surface area is 119 Å². The van der Waals surface area contributed by atoms with E-state index >= 15 is 0 Å². The number of nitrogens with two attached hydrogens (primary N) is 1. The van der Waals surface area contributed by atoms with Crippen LogP contribution >= 0.6 is 22.6 Å². The van der Waals surface area contributed by atoms with Gasteiger partial charge in [-0.1, -0.05) is 36.4 Å². The molecule has 0 bridgehead atoms. The summed E-state index contributed by atoms with van der Waals surface area (Å²) in [6.45, 7) is 0.708. The molecule has 0 atom stereocenters. The molecule has 3 nitrogen and oxygen atoms in total. The second kappa shape index (κ2) is 4.61. The third kappa shape index (κ3) is 2.08. The summed E-state index contributed by atoms with van der Waals surface area (Å²) in [5, 5.41) is 6.77. The Kier molecular flexibility index (Phi) is 2.95. The molecule has 0 amide bonds. The van der Waals surface area contributed by atoms with Crippen LogP contribution in [-0.2, 0) is 6.54 Å². The van der Waals surface area contributed by atoms with E-state index in [4.69, 9.17) is 5.73 Å². The van der Waals surface area contributed by atoms with Crippen molar-refractivity contribution in [3.8, 4) is 0 Å². The van der Waals surface area contributed by atoms with Crippen molar-refractivity contribution < 1.29 is 0 Å². The first-order chi connectivity index (χ1) is 8.74. The molecule has 3 rings (SSSR count). The Balaban J connectivity index is 1.98. The largest absolute Gasteiger partial charge is 0.383 e. The van der Waals surface area contributed by atoms with Gasteiger partial charge in [0.1, 0.15) is 5.82 Å². The van der Waals surface area contributed by atoms with Gasteiger partial charge in [0.05, 0.1) is 16.3 Å². The topological polar surface area (TPSA) is 43.8 Å². The second-order valence-corrected chi connectivity index (χ2v) is 5.38. The minimum absolute atomic E-state index is 0.708. The Bertz CT molecular complexity index is 703. The monoisotopic (exact) mass is 349 g/mol. The van der Waals surface area contributed by atoms with Crippen molar-refractivity contribution in [2.24, 2.45) is 0 Å². The van der Waals surface area contributed by atoms with Crippen LogP contribution in [0.3, 0.4) is 0 Å². The van der Waals surface area contributed by atoms with E-state index in [1.54, 1.807) is 6.20 Å². The average molecular weight is 349 g/mol. The molecule has 0 spiro atoms. The maximum absolute atomic E-state index is 5.96. The lowest BCUT2D eigenvalue weighted by molar-refractivity contribution is 0.697. The van der Waals surface area contributed by atoms with Crippen LogP contribution in [0.5, 0.6) is 0 Å². The van der Waals surface area contributed by atoms with Crippen molar-refractivity contribution in [3.05, 3.63) is 57.8 Å². The first kappa shape index (κ1) is 11.5. The molecule has 0 radical (unpaired) electrons. The number of anilines is 1. The predicted molar refractivity (Wildman–Crippen MR) is 82.4 cm³/mol. The van der Waals surface area contributed by atoms with Crippen molar-refractivity contribution in [2.45, 2.75) is 6.54 Å². The molecule has 2 N–H and O–H groups in total. The fourth-order valence-corrected chi connectivity index (χ4v) is 2.41. The summed E-state index contributed by atoms with van der Waals surface area (Å²) in [5.41, 5.74) is 7.16. The molecule has 3 aromatic rings. The molecule has 0 aliphatic carbocycles. The lowest BCUT2D eigenvalue weighted by Crippen LogP contribution is -2.06. The summed E-state index contributed by atoms with van der Waals surface area (Å²) in [4.78, 5) is 0. The normalized spacial score (nSPS) is 10.9. The summed E-state index contributed by atoms with van der Waals surface area (Å²) < 4.78 is 2.82. The van der Waals surface area contributed by atoms with Gasteiger partial charge in [-0.25, -0.2) is 4.68 Å². The Morgan fingerprint density at radius 3 is 2.61 bits per heavy atom. The summed E-state index contributed by atoms with van der Waals surface area (Å²) in [5.74, 6) is 0.726. The zero-order valence-corrected chi connectivity index (χ0v) is 11.8. The maximum Gasteiger partial charge on any atom is 0.135 e. The molecule has 4 heteroatoms. The fourth-order valence-electron chi connectivity index (χ4n) is 2.01.